The first-order valence-electron chi connectivity index (χ1n) is 13.5. The summed E-state index contributed by atoms with van der Waals surface area (Å²) in [6, 6.07) is 19.5. The minimum Gasteiger partial charge on any atom is -0.488 e. The fourth-order valence-electron chi connectivity index (χ4n) is 5.03. The molecule has 0 spiro atoms. The van der Waals surface area contributed by atoms with Crippen LogP contribution in [0.4, 0.5) is 0 Å². The number of carbonyl (C=O) groups excluding carboxylic acids is 3. The summed E-state index contributed by atoms with van der Waals surface area (Å²) in [4.78, 5) is 48.0. The fourth-order valence-corrected chi connectivity index (χ4v) is 5.03. The van der Waals surface area contributed by atoms with Crippen LogP contribution in [0.15, 0.2) is 85.3 Å². The number of aromatic amines is 1. The summed E-state index contributed by atoms with van der Waals surface area (Å²) < 4.78 is 12.1. The van der Waals surface area contributed by atoms with E-state index in [1.54, 1.807) is 47.6 Å². The average Bonchev–Trinajstić information content (AvgIpc) is 3.55. The number of H-pyrrole nitrogens is 1. The Bertz CT molecular complexity index is 1550. The number of rotatable bonds is 1. The zero-order chi connectivity index (χ0) is 28.2. The molecule has 3 N–H and O–H groups in total. The Morgan fingerprint density at radius 3 is 2.61 bits per heavy atom. The van der Waals surface area contributed by atoms with Crippen LogP contribution >= 0.6 is 0 Å². The van der Waals surface area contributed by atoms with Gasteiger partial charge >= 0.3 is 0 Å². The summed E-state index contributed by atoms with van der Waals surface area (Å²) in [5.41, 5.74) is 3.29. The fraction of sp³-hybridized carbons (Fsp3) is 0.226. The summed E-state index contributed by atoms with van der Waals surface area (Å²) in [6.07, 6.45) is 5.05. The number of hydrogen-bond donors (Lipinski definition) is 3. The molecule has 10 nitrogen and oxygen atoms in total. The molecule has 10 heteroatoms. The summed E-state index contributed by atoms with van der Waals surface area (Å²) in [5, 5.41) is 5.97. The van der Waals surface area contributed by atoms with Crippen molar-refractivity contribution in [3.8, 4) is 22.6 Å². The molecule has 0 saturated carbocycles. The van der Waals surface area contributed by atoms with Crippen molar-refractivity contribution in [3.05, 3.63) is 102 Å². The Hall–Kier alpha value is -5.12. The molecule has 0 radical (unpaired) electrons. The van der Waals surface area contributed by atoms with E-state index in [1.165, 1.54) is 6.20 Å². The van der Waals surface area contributed by atoms with Crippen molar-refractivity contribution in [2.24, 2.45) is 0 Å². The Labute approximate surface area is 236 Å². The van der Waals surface area contributed by atoms with E-state index in [4.69, 9.17) is 9.47 Å². The SMILES string of the molecule is O=C1COc2cccc(c2)-c2cncc(c2)C(=O)N[C@@H]2CN(C(=O)c3ccc[nH]3)CC[C@@H]2Oc2ccc(cc2)CN1. The molecule has 4 aromatic rings. The maximum absolute atomic E-state index is 13.5. The van der Waals surface area contributed by atoms with Gasteiger partial charge in [-0.3, -0.25) is 19.4 Å². The Kier molecular flexibility index (Phi) is 7.36. The van der Waals surface area contributed by atoms with Gasteiger partial charge in [0.2, 0.25) is 0 Å². The van der Waals surface area contributed by atoms with Gasteiger partial charge in [-0.2, -0.15) is 0 Å². The molecule has 1 saturated heterocycles. The van der Waals surface area contributed by atoms with E-state index in [-0.39, 0.29) is 37.0 Å². The molecule has 0 aliphatic carbocycles. The lowest BCUT2D eigenvalue weighted by molar-refractivity contribution is -0.123. The van der Waals surface area contributed by atoms with E-state index < -0.39 is 6.04 Å². The van der Waals surface area contributed by atoms with Crippen molar-refractivity contribution >= 4 is 17.7 Å². The lowest BCUT2D eigenvalue weighted by atomic mass is 10.00. The molecule has 5 heterocycles. The predicted molar refractivity (Wildman–Crippen MR) is 150 cm³/mol. The van der Waals surface area contributed by atoms with Crippen LogP contribution in [-0.4, -0.2) is 64.4 Å². The van der Waals surface area contributed by atoms with Crippen LogP contribution in [-0.2, 0) is 11.3 Å². The first kappa shape index (κ1) is 26.1. The van der Waals surface area contributed by atoms with Crippen LogP contribution < -0.4 is 20.1 Å². The van der Waals surface area contributed by atoms with Crippen molar-refractivity contribution in [1.82, 2.24) is 25.5 Å². The monoisotopic (exact) mass is 551 g/mol. The molecule has 2 atom stereocenters. The smallest absolute Gasteiger partial charge is 0.270 e. The molecule has 7 rings (SSSR count). The Balaban J connectivity index is 1.31. The van der Waals surface area contributed by atoms with Gasteiger partial charge in [0.05, 0.1) is 11.6 Å². The largest absolute Gasteiger partial charge is 0.488 e. The minimum atomic E-state index is -0.472. The van der Waals surface area contributed by atoms with Gasteiger partial charge in [-0.05, 0) is 53.6 Å². The second-order valence-corrected chi connectivity index (χ2v) is 10.1. The molecule has 41 heavy (non-hydrogen) atoms. The van der Waals surface area contributed by atoms with Crippen LogP contribution in [0.2, 0.25) is 0 Å². The lowest BCUT2D eigenvalue weighted by Crippen LogP contribution is -2.58. The third kappa shape index (κ3) is 6.06. The summed E-state index contributed by atoms with van der Waals surface area (Å²) in [6.45, 7) is 0.982. The minimum absolute atomic E-state index is 0.127. The van der Waals surface area contributed by atoms with Crippen molar-refractivity contribution in [2.75, 3.05) is 19.7 Å². The maximum Gasteiger partial charge on any atom is 0.270 e. The normalized spacial score (nSPS) is 19.2. The lowest BCUT2D eigenvalue weighted by Gasteiger charge is -2.38. The molecule has 0 unspecified atom stereocenters. The maximum atomic E-state index is 13.5. The Morgan fingerprint density at radius 1 is 0.927 bits per heavy atom. The van der Waals surface area contributed by atoms with Gasteiger partial charge in [0.25, 0.3) is 17.7 Å². The van der Waals surface area contributed by atoms with Gasteiger partial charge in [-0.15, -0.1) is 0 Å². The number of aromatic nitrogens is 2. The van der Waals surface area contributed by atoms with E-state index >= 15 is 0 Å². The number of likely N-dealkylation sites (tertiary alicyclic amines) is 1. The molecule has 3 aliphatic heterocycles. The van der Waals surface area contributed by atoms with Crippen LogP contribution in [0.25, 0.3) is 11.1 Å². The number of hydrogen-bond acceptors (Lipinski definition) is 6. The predicted octanol–water partition coefficient (Wildman–Crippen LogP) is 3.18. The number of nitrogens with one attached hydrogen (secondary N) is 3. The highest BCUT2D eigenvalue weighted by molar-refractivity contribution is 5.96. The van der Waals surface area contributed by atoms with Gasteiger partial charge in [-0.1, -0.05) is 24.3 Å². The number of pyridine rings is 1. The first-order valence-corrected chi connectivity index (χ1v) is 13.5. The van der Waals surface area contributed by atoms with Crippen molar-refractivity contribution < 1.29 is 23.9 Å². The number of benzene rings is 2. The highest BCUT2D eigenvalue weighted by Crippen LogP contribution is 2.25. The number of nitrogens with zero attached hydrogens (tertiary/aromatic N) is 2. The molecule has 208 valence electrons. The second kappa shape index (κ2) is 11.5. The molecular formula is C31H29N5O5. The van der Waals surface area contributed by atoms with Gasteiger partial charge in [0.1, 0.15) is 23.3 Å². The third-order valence-corrected chi connectivity index (χ3v) is 7.22. The van der Waals surface area contributed by atoms with Crippen LogP contribution in [0, 0.1) is 0 Å². The number of ether oxygens (including phenoxy) is 2. The van der Waals surface area contributed by atoms with Crippen LogP contribution in [0.1, 0.15) is 32.8 Å². The first-order chi connectivity index (χ1) is 20.0. The van der Waals surface area contributed by atoms with Crippen molar-refractivity contribution in [2.45, 2.75) is 25.1 Å². The number of amides is 3. The second-order valence-electron chi connectivity index (χ2n) is 10.1. The van der Waals surface area contributed by atoms with Crippen molar-refractivity contribution in [1.29, 1.82) is 0 Å². The Morgan fingerprint density at radius 2 is 1.78 bits per heavy atom. The highest BCUT2D eigenvalue weighted by atomic mass is 16.5. The topological polar surface area (TPSA) is 126 Å². The quantitative estimate of drug-likeness (QED) is 0.334. The van der Waals surface area contributed by atoms with E-state index in [1.807, 2.05) is 36.4 Å². The van der Waals surface area contributed by atoms with Gasteiger partial charge in [0, 0.05) is 50.2 Å². The molecule has 3 aliphatic rings. The highest BCUT2D eigenvalue weighted by Gasteiger charge is 2.35. The van der Waals surface area contributed by atoms with Gasteiger partial charge in [0.15, 0.2) is 6.61 Å². The van der Waals surface area contributed by atoms with Gasteiger partial charge in [-0.25, -0.2) is 0 Å². The molecular weight excluding hydrogens is 522 g/mol. The van der Waals surface area contributed by atoms with Gasteiger partial charge < -0.3 is 30.0 Å². The molecule has 2 aromatic carbocycles. The molecule has 2 aromatic heterocycles. The summed E-state index contributed by atoms with van der Waals surface area (Å²) in [7, 11) is 0. The summed E-state index contributed by atoms with van der Waals surface area (Å²) in [5.74, 6) is 0.467. The van der Waals surface area contributed by atoms with Crippen molar-refractivity contribution in [3.63, 3.8) is 0 Å². The van der Waals surface area contributed by atoms with E-state index in [2.05, 4.69) is 20.6 Å². The number of fused-ring (bicyclic) bond motifs is 7. The zero-order valence-electron chi connectivity index (χ0n) is 22.2. The number of piperidine rings is 1. The average molecular weight is 552 g/mol. The van der Waals surface area contributed by atoms with E-state index in [0.29, 0.717) is 42.3 Å². The van der Waals surface area contributed by atoms with E-state index in [0.717, 1.165) is 16.7 Å². The molecule has 1 fully saturated rings. The van der Waals surface area contributed by atoms with E-state index in [9.17, 15) is 14.4 Å². The molecule has 6 bridgehead atoms. The van der Waals surface area contributed by atoms with Crippen LogP contribution in [0.3, 0.4) is 0 Å². The van der Waals surface area contributed by atoms with Crippen LogP contribution in [0.5, 0.6) is 11.5 Å². The molecule has 3 amide bonds. The number of carbonyl (C=O) groups is 3. The standard InChI is InChI=1S/C31H29N5O5/c37-29-19-40-25-4-1-3-21(14-25)22-13-23(17-32-16-22)30(38)35-27-18-36(31(39)26-5-2-11-33-26)12-10-28(27)41-24-8-6-20(7-9-24)15-34-29/h1-9,11,13-14,16-17,27-28,33H,10,12,15,18-19H2,(H,34,37)(H,35,38)/t27-,28+/m1/s1. The summed E-state index contributed by atoms with van der Waals surface area (Å²) >= 11 is 0. The third-order valence-electron chi connectivity index (χ3n) is 7.22. The zero-order valence-corrected chi connectivity index (χ0v) is 22.2.